The van der Waals surface area contributed by atoms with Crippen LogP contribution in [0, 0.1) is 11.8 Å². The number of aliphatic hydroxyl groups excluding tert-OH is 1. The first-order valence-corrected chi connectivity index (χ1v) is 13.1. The topological polar surface area (TPSA) is 64.0 Å². The molecule has 0 bridgehead atoms. The van der Waals surface area contributed by atoms with E-state index in [1.165, 1.54) is 5.56 Å². The first-order valence-electron chi connectivity index (χ1n) is 13.1. The Balaban J connectivity index is 1.31. The minimum absolute atomic E-state index is 0.0836. The Bertz CT molecular complexity index is 1070. The smallest absolute Gasteiger partial charge is 0.227 e. The van der Waals surface area contributed by atoms with E-state index in [9.17, 15) is 15.0 Å². The van der Waals surface area contributed by atoms with Crippen LogP contribution in [0.3, 0.4) is 0 Å². The predicted molar refractivity (Wildman–Crippen MR) is 137 cm³/mol. The molecule has 3 atom stereocenters. The number of hydrogen-bond acceptors (Lipinski definition) is 4. The van der Waals surface area contributed by atoms with Crippen molar-refractivity contribution in [2.75, 3.05) is 26.2 Å². The second kappa shape index (κ2) is 10.5. The number of hydrogen-bond donors (Lipinski definition) is 2. The number of rotatable bonds is 4. The van der Waals surface area contributed by atoms with Gasteiger partial charge >= 0.3 is 0 Å². The van der Waals surface area contributed by atoms with Gasteiger partial charge in [-0.15, -0.1) is 0 Å². The average Bonchev–Trinajstić information content (AvgIpc) is 3.30. The van der Waals surface area contributed by atoms with Crippen molar-refractivity contribution < 1.29 is 15.0 Å². The molecule has 2 aromatic rings. The van der Waals surface area contributed by atoms with E-state index in [2.05, 4.69) is 28.9 Å². The molecule has 1 saturated carbocycles. The molecular weight excluding hydrogens is 436 g/mol. The molecule has 1 aliphatic carbocycles. The molecule has 3 aliphatic rings. The molecule has 0 unspecified atom stereocenters. The van der Waals surface area contributed by atoms with E-state index in [-0.39, 0.29) is 30.5 Å². The SMILES string of the molecule is O=C(Cc1ccccc1)N1CCCCN2[C@H](CO)[C@@H](c3ccc(C#CC4(O)CCCC4)cc3)[C@@H]2C1. The zero-order chi connectivity index (χ0) is 24.3. The fourth-order valence-corrected chi connectivity index (χ4v) is 6.11. The summed E-state index contributed by atoms with van der Waals surface area (Å²) in [6, 6.07) is 18.5. The van der Waals surface area contributed by atoms with Crippen LogP contribution in [0.1, 0.15) is 61.1 Å². The third kappa shape index (κ3) is 5.30. The van der Waals surface area contributed by atoms with Crippen LogP contribution in [0.15, 0.2) is 54.6 Å². The van der Waals surface area contributed by atoms with Crippen LogP contribution in [0.4, 0.5) is 0 Å². The van der Waals surface area contributed by atoms with Gasteiger partial charge in [0.2, 0.25) is 5.91 Å². The van der Waals surface area contributed by atoms with Crippen molar-refractivity contribution in [2.45, 2.75) is 68.5 Å². The van der Waals surface area contributed by atoms with Crippen LogP contribution in [-0.4, -0.2) is 69.8 Å². The second-order valence-corrected chi connectivity index (χ2v) is 10.4. The van der Waals surface area contributed by atoms with Gasteiger partial charge in [0.15, 0.2) is 0 Å². The Labute approximate surface area is 208 Å². The maximum atomic E-state index is 13.2. The van der Waals surface area contributed by atoms with Gasteiger partial charge in [-0.05, 0) is 68.3 Å². The standard InChI is InChI=1S/C30H36N2O3/c33-22-27-29(25-12-10-23(11-13-25)14-17-30(35)15-4-5-16-30)26-21-31(18-6-7-19-32(26)27)28(34)20-24-8-2-1-3-9-24/h1-3,8-13,26-27,29,33,35H,4-7,15-16,18-22H2/t26-,27+,29-/m0/s1. The van der Waals surface area contributed by atoms with E-state index in [0.29, 0.717) is 13.0 Å². The lowest BCUT2D eigenvalue weighted by Gasteiger charge is -2.57. The Morgan fingerprint density at radius 3 is 2.40 bits per heavy atom. The molecule has 0 radical (unpaired) electrons. The van der Waals surface area contributed by atoms with Crippen LogP contribution in [0.2, 0.25) is 0 Å². The van der Waals surface area contributed by atoms with Crippen LogP contribution < -0.4 is 0 Å². The zero-order valence-electron chi connectivity index (χ0n) is 20.4. The Morgan fingerprint density at radius 1 is 0.971 bits per heavy atom. The van der Waals surface area contributed by atoms with Crippen molar-refractivity contribution >= 4 is 5.91 Å². The van der Waals surface area contributed by atoms with Crippen LogP contribution in [0.25, 0.3) is 0 Å². The van der Waals surface area contributed by atoms with E-state index in [1.807, 2.05) is 47.4 Å². The van der Waals surface area contributed by atoms with Gasteiger partial charge in [0, 0.05) is 36.7 Å². The summed E-state index contributed by atoms with van der Waals surface area (Å²) in [5.74, 6) is 6.61. The maximum absolute atomic E-state index is 13.2. The van der Waals surface area contributed by atoms with E-state index < -0.39 is 5.60 Å². The molecule has 3 fully saturated rings. The summed E-state index contributed by atoms with van der Waals surface area (Å²) < 4.78 is 0. The van der Waals surface area contributed by atoms with Gasteiger partial charge in [-0.2, -0.15) is 0 Å². The molecule has 2 saturated heterocycles. The molecular formula is C30H36N2O3. The fourth-order valence-electron chi connectivity index (χ4n) is 6.11. The number of aliphatic hydroxyl groups is 2. The molecule has 1 amide bonds. The van der Waals surface area contributed by atoms with Crippen molar-refractivity contribution in [3.05, 3.63) is 71.3 Å². The molecule has 184 valence electrons. The van der Waals surface area contributed by atoms with E-state index in [1.54, 1.807) is 0 Å². The Hall–Kier alpha value is -2.65. The van der Waals surface area contributed by atoms with Crippen molar-refractivity contribution in [3.8, 4) is 11.8 Å². The molecule has 2 aromatic carbocycles. The second-order valence-electron chi connectivity index (χ2n) is 10.4. The van der Waals surface area contributed by atoms with Gasteiger partial charge in [0.1, 0.15) is 5.60 Å². The van der Waals surface area contributed by atoms with E-state index >= 15 is 0 Å². The summed E-state index contributed by atoms with van der Waals surface area (Å²) in [5.41, 5.74) is 2.31. The van der Waals surface area contributed by atoms with Crippen molar-refractivity contribution in [1.82, 2.24) is 9.80 Å². The molecule has 2 heterocycles. The monoisotopic (exact) mass is 472 g/mol. The molecule has 0 spiro atoms. The third-order valence-electron chi connectivity index (χ3n) is 8.09. The van der Waals surface area contributed by atoms with Gasteiger partial charge in [-0.25, -0.2) is 0 Å². The predicted octanol–water partition coefficient (Wildman–Crippen LogP) is 3.34. The fraction of sp³-hybridized carbons (Fsp3) is 0.500. The van der Waals surface area contributed by atoms with Gasteiger partial charge in [-0.1, -0.05) is 54.3 Å². The lowest BCUT2D eigenvalue weighted by atomic mass is 9.74. The molecule has 5 heteroatoms. The summed E-state index contributed by atoms with van der Waals surface area (Å²) in [5, 5.41) is 20.7. The lowest BCUT2D eigenvalue weighted by Crippen LogP contribution is -2.68. The first-order chi connectivity index (χ1) is 17.1. The van der Waals surface area contributed by atoms with Gasteiger partial charge in [0.25, 0.3) is 0 Å². The molecule has 5 nitrogen and oxygen atoms in total. The summed E-state index contributed by atoms with van der Waals surface area (Å²) in [7, 11) is 0. The summed E-state index contributed by atoms with van der Waals surface area (Å²) in [6.07, 6.45) is 6.05. The lowest BCUT2D eigenvalue weighted by molar-refractivity contribution is -0.135. The molecule has 5 rings (SSSR count). The Kier molecular flexibility index (Phi) is 7.24. The van der Waals surface area contributed by atoms with E-state index in [0.717, 1.165) is 62.7 Å². The molecule has 0 aromatic heterocycles. The highest BCUT2D eigenvalue weighted by molar-refractivity contribution is 5.78. The van der Waals surface area contributed by atoms with Gasteiger partial charge in [-0.3, -0.25) is 9.69 Å². The summed E-state index contributed by atoms with van der Waals surface area (Å²) in [4.78, 5) is 17.6. The number of fused-ring (bicyclic) bond motifs is 1. The maximum Gasteiger partial charge on any atom is 0.227 e. The highest BCUT2D eigenvalue weighted by atomic mass is 16.3. The number of carbonyl (C=O) groups excluding carboxylic acids is 1. The van der Waals surface area contributed by atoms with Gasteiger partial charge in [0.05, 0.1) is 13.0 Å². The highest BCUT2D eigenvalue weighted by Crippen LogP contribution is 2.42. The highest BCUT2D eigenvalue weighted by Gasteiger charge is 2.49. The Morgan fingerprint density at radius 2 is 1.69 bits per heavy atom. The zero-order valence-corrected chi connectivity index (χ0v) is 20.4. The van der Waals surface area contributed by atoms with Crippen LogP contribution >= 0.6 is 0 Å². The quantitative estimate of drug-likeness (QED) is 0.670. The number of amides is 1. The molecule has 2 N–H and O–H groups in total. The van der Waals surface area contributed by atoms with Crippen molar-refractivity contribution in [3.63, 3.8) is 0 Å². The van der Waals surface area contributed by atoms with Crippen LogP contribution in [0.5, 0.6) is 0 Å². The summed E-state index contributed by atoms with van der Waals surface area (Å²) >= 11 is 0. The molecule has 35 heavy (non-hydrogen) atoms. The minimum Gasteiger partial charge on any atom is -0.395 e. The average molecular weight is 473 g/mol. The van der Waals surface area contributed by atoms with Crippen molar-refractivity contribution in [1.29, 1.82) is 0 Å². The molecule has 2 aliphatic heterocycles. The third-order valence-corrected chi connectivity index (χ3v) is 8.09. The number of nitrogens with zero attached hydrogens (tertiary/aromatic N) is 2. The minimum atomic E-state index is -0.830. The number of benzene rings is 2. The van der Waals surface area contributed by atoms with Gasteiger partial charge < -0.3 is 15.1 Å². The van der Waals surface area contributed by atoms with Crippen molar-refractivity contribution in [2.24, 2.45) is 0 Å². The summed E-state index contributed by atoms with van der Waals surface area (Å²) in [6.45, 7) is 2.58. The first kappa shape index (κ1) is 24.1. The van der Waals surface area contributed by atoms with E-state index in [4.69, 9.17) is 0 Å². The van der Waals surface area contributed by atoms with Crippen LogP contribution in [-0.2, 0) is 11.2 Å². The number of carbonyl (C=O) groups is 1. The largest absolute Gasteiger partial charge is 0.395 e. The normalized spacial score (nSPS) is 26.0.